The number of ketones is 1. The number of para-hydroxylation sites is 2. The van der Waals surface area contributed by atoms with E-state index in [0.29, 0.717) is 29.4 Å². The highest BCUT2D eigenvalue weighted by Gasteiger charge is 2.30. The summed E-state index contributed by atoms with van der Waals surface area (Å²) in [5.41, 5.74) is 1.27. The van der Waals surface area contributed by atoms with Gasteiger partial charge in [-0.2, -0.15) is 0 Å². The molecule has 1 heterocycles. The van der Waals surface area contributed by atoms with Crippen LogP contribution in [0.15, 0.2) is 60.9 Å². The predicted octanol–water partition coefficient (Wildman–Crippen LogP) is 3.88. The summed E-state index contributed by atoms with van der Waals surface area (Å²) in [7, 11) is 1.55. The summed E-state index contributed by atoms with van der Waals surface area (Å²) in [5, 5.41) is 0. The van der Waals surface area contributed by atoms with Gasteiger partial charge in [-0.05, 0) is 24.3 Å². The van der Waals surface area contributed by atoms with E-state index < -0.39 is 0 Å². The average Bonchev–Trinajstić information content (AvgIpc) is 2.90. The number of ether oxygens (including phenoxy) is 3. The predicted molar refractivity (Wildman–Crippen MR) is 88.1 cm³/mol. The van der Waals surface area contributed by atoms with Crippen LogP contribution < -0.4 is 14.2 Å². The third-order valence-corrected chi connectivity index (χ3v) is 3.44. The summed E-state index contributed by atoms with van der Waals surface area (Å²) in [5.74, 6) is 1.74. The Kier molecular flexibility index (Phi) is 4.15. The van der Waals surface area contributed by atoms with Crippen LogP contribution in [0.3, 0.4) is 0 Å². The third kappa shape index (κ3) is 2.83. The molecule has 23 heavy (non-hydrogen) atoms. The standard InChI is InChI=1S/C19H16O4/c1-3-11-22-15-9-5-4-7-13(15)12-17-18(20)14-8-6-10-16(21-2)19(14)23-17/h3-10,12H,1,11H2,2H3/b17-12-. The van der Waals surface area contributed by atoms with Gasteiger partial charge in [0.2, 0.25) is 5.78 Å². The van der Waals surface area contributed by atoms with E-state index >= 15 is 0 Å². The summed E-state index contributed by atoms with van der Waals surface area (Å²) >= 11 is 0. The fourth-order valence-electron chi connectivity index (χ4n) is 2.37. The van der Waals surface area contributed by atoms with Crippen LogP contribution in [-0.4, -0.2) is 19.5 Å². The quantitative estimate of drug-likeness (QED) is 0.621. The van der Waals surface area contributed by atoms with Gasteiger partial charge in [0, 0.05) is 5.56 Å². The van der Waals surface area contributed by atoms with Crippen LogP contribution >= 0.6 is 0 Å². The van der Waals surface area contributed by atoms with Gasteiger partial charge in [-0.15, -0.1) is 0 Å². The van der Waals surface area contributed by atoms with Crippen LogP contribution in [0.1, 0.15) is 15.9 Å². The molecule has 0 unspecified atom stereocenters. The van der Waals surface area contributed by atoms with Gasteiger partial charge in [-0.1, -0.05) is 36.9 Å². The van der Waals surface area contributed by atoms with E-state index in [-0.39, 0.29) is 11.5 Å². The maximum atomic E-state index is 12.5. The second kappa shape index (κ2) is 6.40. The summed E-state index contributed by atoms with van der Waals surface area (Å²) < 4.78 is 16.6. The molecule has 0 fully saturated rings. The lowest BCUT2D eigenvalue weighted by atomic mass is 10.1. The maximum Gasteiger partial charge on any atom is 0.232 e. The van der Waals surface area contributed by atoms with Gasteiger partial charge in [0.05, 0.1) is 12.7 Å². The van der Waals surface area contributed by atoms with Gasteiger partial charge in [-0.3, -0.25) is 4.79 Å². The van der Waals surface area contributed by atoms with Crippen LogP contribution in [0.5, 0.6) is 17.2 Å². The van der Waals surface area contributed by atoms with E-state index in [1.807, 2.05) is 24.3 Å². The largest absolute Gasteiger partial charge is 0.493 e. The molecule has 0 radical (unpaired) electrons. The smallest absolute Gasteiger partial charge is 0.232 e. The first-order valence-electron chi connectivity index (χ1n) is 7.18. The van der Waals surface area contributed by atoms with Crippen molar-refractivity contribution in [1.29, 1.82) is 0 Å². The zero-order valence-electron chi connectivity index (χ0n) is 12.7. The molecule has 116 valence electrons. The molecule has 1 aliphatic heterocycles. The highest BCUT2D eigenvalue weighted by Crippen LogP contribution is 2.39. The average molecular weight is 308 g/mol. The highest BCUT2D eigenvalue weighted by molar-refractivity contribution is 6.15. The van der Waals surface area contributed by atoms with Crippen molar-refractivity contribution < 1.29 is 19.0 Å². The van der Waals surface area contributed by atoms with Crippen molar-refractivity contribution in [2.24, 2.45) is 0 Å². The summed E-state index contributed by atoms with van der Waals surface area (Å²) in [6.07, 6.45) is 3.35. The lowest BCUT2D eigenvalue weighted by Gasteiger charge is -2.07. The normalized spacial score (nSPS) is 14.3. The summed E-state index contributed by atoms with van der Waals surface area (Å²) in [6, 6.07) is 12.7. The Morgan fingerprint density at radius 3 is 2.70 bits per heavy atom. The molecule has 0 aromatic heterocycles. The molecule has 4 nitrogen and oxygen atoms in total. The van der Waals surface area contributed by atoms with E-state index in [2.05, 4.69) is 6.58 Å². The Morgan fingerprint density at radius 2 is 1.91 bits per heavy atom. The molecule has 0 saturated carbocycles. The minimum absolute atomic E-state index is 0.169. The van der Waals surface area contributed by atoms with E-state index in [4.69, 9.17) is 14.2 Å². The molecule has 0 aliphatic carbocycles. The number of benzene rings is 2. The first kappa shape index (κ1) is 14.9. The second-order valence-electron chi connectivity index (χ2n) is 4.91. The Balaban J connectivity index is 1.97. The second-order valence-corrected chi connectivity index (χ2v) is 4.91. The molecule has 0 amide bonds. The van der Waals surface area contributed by atoms with Crippen LogP contribution in [0.4, 0.5) is 0 Å². The Morgan fingerprint density at radius 1 is 1.13 bits per heavy atom. The van der Waals surface area contributed by atoms with E-state index in [1.54, 1.807) is 37.5 Å². The number of Topliss-reactive ketones (excluding diaryl/α,β-unsaturated/α-hetero) is 1. The number of fused-ring (bicyclic) bond motifs is 1. The summed E-state index contributed by atoms with van der Waals surface area (Å²) in [4.78, 5) is 12.5. The molecule has 0 saturated heterocycles. The van der Waals surface area contributed by atoms with Crippen molar-refractivity contribution in [3.8, 4) is 17.2 Å². The fraction of sp³-hybridized carbons (Fsp3) is 0.105. The third-order valence-electron chi connectivity index (χ3n) is 3.44. The Labute approximate surface area is 134 Å². The fourth-order valence-corrected chi connectivity index (χ4v) is 2.37. The number of carbonyl (C=O) groups excluding carboxylic acids is 1. The minimum atomic E-state index is -0.169. The first-order valence-corrected chi connectivity index (χ1v) is 7.18. The topological polar surface area (TPSA) is 44.8 Å². The zero-order chi connectivity index (χ0) is 16.2. The molecule has 4 heteroatoms. The highest BCUT2D eigenvalue weighted by atomic mass is 16.5. The monoisotopic (exact) mass is 308 g/mol. The van der Waals surface area contributed by atoms with Crippen LogP contribution in [-0.2, 0) is 0 Å². The molecule has 0 spiro atoms. The zero-order valence-corrected chi connectivity index (χ0v) is 12.7. The lowest BCUT2D eigenvalue weighted by Crippen LogP contribution is -2.00. The van der Waals surface area contributed by atoms with Crippen LogP contribution in [0.25, 0.3) is 6.08 Å². The van der Waals surface area contributed by atoms with Gasteiger partial charge >= 0.3 is 0 Å². The van der Waals surface area contributed by atoms with Crippen LogP contribution in [0.2, 0.25) is 0 Å². The number of carbonyl (C=O) groups is 1. The van der Waals surface area contributed by atoms with Gasteiger partial charge < -0.3 is 14.2 Å². The van der Waals surface area contributed by atoms with Crippen molar-refractivity contribution >= 4 is 11.9 Å². The van der Waals surface area contributed by atoms with E-state index in [0.717, 1.165) is 5.56 Å². The Bertz CT molecular complexity index is 790. The van der Waals surface area contributed by atoms with Gasteiger partial charge in [0.1, 0.15) is 12.4 Å². The van der Waals surface area contributed by atoms with Crippen LogP contribution in [0, 0.1) is 0 Å². The lowest BCUT2D eigenvalue weighted by molar-refractivity contribution is 0.101. The number of rotatable bonds is 5. The van der Waals surface area contributed by atoms with Crippen molar-refractivity contribution in [1.82, 2.24) is 0 Å². The molecular formula is C19H16O4. The molecule has 1 aliphatic rings. The van der Waals surface area contributed by atoms with Gasteiger partial charge in [0.25, 0.3) is 0 Å². The van der Waals surface area contributed by atoms with Crippen molar-refractivity contribution in [2.75, 3.05) is 13.7 Å². The molecular weight excluding hydrogens is 292 g/mol. The minimum Gasteiger partial charge on any atom is -0.493 e. The van der Waals surface area contributed by atoms with E-state index in [1.165, 1.54) is 0 Å². The first-order chi connectivity index (χ1) is 11.2. The van der Waals surface area contributed by atoms with E-state index in [9.17, 15) is 4.79 Å². The van der Waals surface area contributed by atoms with Crippen molar-refractivity contribution in [3.05, 3.63) is 72.0 Å². The van der Waals surface area contributed by atoms with Gasteiger partial charge in [-0.25, -0.2) is 0 Å². The van der Waals surface area contributed by atoms with Crippen molar-refractivity contribution in [2.45, 2.75) is 0 Å². The molecule has 2 aromatic rings. The molecule has 0 N–H and O–H groups in total. The van der Waals surface area contributed by atoms with Gasteiger partial charge in [0.15, 0.2) is 17.3 Å². The number of methoxy groups -OCH3 is 1. The molecule has 0 atom stereocenters. The summed E-state index contributed by atoms with van der Waals surface area (Å²) in [6.45, 7) is 4.03. The maximum absolute atomic E-state index is 12.5. The number of hydrogen-bond donors (Lipinski definition) is 0. The van der Waals surface area contributed by atoms with Crippen molar-refractivity contribution in [3.63, 3.8) is 0 Å². The Hall–Kier alpha value is -3.01. The molecule has 2 aromatic carbocycles. The molecule has 0 bridgehead atoms. The number of hydrogen-bond acceptors (Lipinski definition) is 4. The molecule has 3 rings (SSSR count). The number of allylic oxidation sites excluding steroid dienone is 1. The SMILES string of the molecule is C=CCOc1ccccc1/C=C1\Oc2c(OC)cccc2C1=O.